The van der Waals surface area contributed by atoms with Crippen molar-refractivity contribution in [3.05, 3.63) is 153 Å². The normalized spacial score (nSPS) is 12.7. The number of aromatic nitrogens is 5. The number of methoxy groups -OCH3 is 1. The molecule has 1 N–H and O–H groups in total. The highest BCUT2D eigenvalue weighted by Crippen LogP contribution is 2.31. The molecule has 4 aromatic carbocycles. The molecule has 4 heterocycles. The summed E-state index contributed by atoms with van der Waals surface area (Å²) in [6.07, 6.45) is 5.37. The van der Waals surface area contributed by atoms with Crippen LogP contribution in [-0.2, 0) is 26.0 Å². The summed E-state index contributed by atoms with van der Waals surface area (Å²) in [6.45, 7) is 5.25. The molecule has 1 aliphatic rings. The molecule has 0 aliphatic carbocycles. The lowest BCUT2D eigenvalue weighted by Crippen LogP contribution is -2.32. The van der Waals surface area contributed by atoms with E-state index in [0.29, 0.717) is 28.0 Å². The number of amides is 1. The van der Waals surface area contributed by atoms with E-state index in [0.717, 1.165) is 49.5 Å². The van der Waals surface area contributed by atoms with Crippen molar-refractivity contribution in [3.63, 3.8) is 0 Å². The zero-order chi connectivity index (χ0) is 37.0. The summed E-state index contributed by atoms with van der Waals surface area (Å²) < 4.78 is 17.4. The van der Waals surface area contributed by atoms with Crippen molar-refractivity contribution in [2.45, 2.75) is 32.9 Å². The predicted octanol–water partition coefficient (Wildman–Crippen LogP) is 6.58. The molecule has 0 radical (unpaired) electrons. The van der Waals surface area contributed by atoms with E-state index in [4.69, 9.17) is 13.9 Å². The van der Waals surface area contributed by atoms with Crippen molar-refractivity contribution in [1.29, 1.82) is 0 Å². The molecule has 0 atom stereocenters. The Hall–Kier alpha value is -6.66. The smallest absolute Gasteiger partial charge is 0.291 e. The first-order valence-corrected chi connectivity index (χ1v) is 17.7. The number of aryl methyl sites for hydroxylation is 1. The van der Waals surface area contributed by atoms with Gasteiger partial charge in [-0.2, -0.15) is 0 Å². The summed E-state index contributed by atoms with van der Waals surface area (Å²) >= 11 is 0. The van der Waals surface area contributed by atoms with Crippen molar-refractivity contribution in [2.24, 2.45) is 0 Å². The number of tetrazole rings is 1. The van der Waals surface area contributed by atoms with Gasteiger partial charge in [-0.1, -0.05) is 36.4 Å². The molecule has 1 amide bonds. The molecule has 0 spiro atoms. The molecule has 0 bridgehead atoms. The minimum absolute atomic E-state index is 0.126. The summed E-state index contributed by atoms with van der Waals surface area (Å²) in [5, 5.41) is 16.6. The molecule has 0 saturated heterocycles. The second kappa shape index (κ2) is 15.1. The number of hydrogen-bond donors (Lipinski definition) is 1. The summed E-state index contributed by atoms with van der Waals surface area (Å²) in [5.74, 6) is 0.998. The predicted molar refractivity (Wildman–Crippen MR) is 204 cm³/mol. The fourth-order valence-electron chi connectivity index (χ4n) is 6.65. The van der Waals surface area contributed by atoms with Crippen LogP contribution in [0, 0.1) is 6.92 Å². The summed E-state index contributed by atoms with van der Waals surface area (Å²) in [4.78, 5) is 34.2. The van der Waals surface area contributed by atoms with Crippen LogP contribution in [0.15, 0.2) is 119 Å². The van der Waals surface area contributed by atoms with Crippen molar-refractivity contribution < 1.29 is 18.7 Å². The molecule has 0 unspecified atom stereocenters. The maximum absolute atomic E-state index is 13.4. The molecular weight excluding hydrogens is 683 g/mol. The lowest BCUT2D eigenvalue weighted by molar-refractivity contribution is 0.0997. The van der Waals surface area contributed by atoms with E-state index in [1.54, 1.807) is 62.0 Å². The van der Waals surface area contributed by atoms with Gasteiger partial charge in [0.25, 0.3) is 5.91 Å². The van der Waals surface area contributed by atoms with Gasteiger partial charge in [0.15, 0.2) is 11.2 Å². The van der Waals surface area contributed by atoms with Gasteiger partial charge >= 0.3 is 0 Å². The maximum atomic E-state index is 13.4. The number of anilines is 1. The Bertz CT molecular complexity index is 2510. The van der Waals surface area contributed by atoms with Gasteiger partial charge < -0.3 is 19.2 Å². The molecular formula is C42H37N7O5. The van der Waals surface area contributed by atoms with Gasteiger partial charge in [0.05, 0.1) is 29.4 Å². The number of carbonyl (C=O) groups excluding carboxylic acids is 1. The fourth-order valence-corrected chi connectivity index (χ4v) is 6.65. The van der Waals surface area contributed by atoms with Crippen molar-refractivity contribution >= 4 is 22.6 Å². The topological polar surface area (TPSA) is 138 Å². The number of nitrogens with one attached hydrogen (secondary N) is 1. The number of fused-ring (bicyclic) bond motifs is 2. The van der Waals surface area contributed by atoms with Crippen molar-refractivity contribution in [2.75, 3.05) is 25.5 Å². The Kier molecular flexibility index (Phi) is 9.65. The zero-order valence-corrected chi connectivity index (χ0v) is 29.9. The lowest BCUT2D eigenvalue weighted by Gasteiger charge is -2.29. The number of hydrogen-bond acceptors (Lipinski definition) is 10. The van der Waals surface area contributed by atoms with E-state index in [9.17, 15) is 9.59 Å². The van der Waals surface area contributed by atoms with Crippen molar-refractivity contribution in [3.8, 4) is 28.6 Å². The van der Waals surface area contributed by atoms with Crippen LogP contribution in [0.3, 0.4) is 0 Å². The molecule has 54 heavy (non-hydrogen) atoms. The van der Waals surface area contributed by atoms with Crippen LogP contribution in [0.1, 0.15) is 38.4 Å². The van der Waals surface area contributed by atoms with Crippen molar-refractivity contribution in [1.82, 2.24) is 30.1 Å². The standard InChI is InChI=1S/C42H37N7O5/c1-27-20-30-16-19-48(25-31(30)21-39(27)52-2)18-15-28-9-11-32(12-10-28)49-46-41(45-47-49)35-22-33(53-26-29-6-5-17-43-24-29)13-14-36(35)44-42(51)40-23-37(50)34-7-3-4-8-38(34)54-40/h3-14,17,20-24H,15-16,18-19,25-26H2,1-2H3,(H,44,51). The quantitative estimate of drug-likeness (QED) is 0.156. The Balaban J connectivity index is 0.997. The third kappa shape index (κ3) is 7.46. The van der Waals surface area contributed by atoms with E-state index >= 15 is 0 Å². The summed E-state index contributed by atoms with van der Waals surface area (Å²) in [6, 6.07) is 29.4. The zero-order valence-electron chi connectivity index (χ0n) is 29.9. The van der Waals surface area contributed by atoms with E-state index in [1.165, 1.54) is 33.1 Å². The van der Waals surface area contributed by atoms with E-state index in [-0.39, 0.29) is 23.6 Å². The molecule has 12 nitrogen and oxygen atoms in total. The second-order valence-corrected chi connectivity index (χ2v) is 13.2. The average Bonchev–Trinajstić information content (AvgIpc) is 3.70. The molecule has 12 heteroatoms. The number of carbonyl (C=O) groups is 1. The van der Waals surface area contributed by atoms with Crippen LogP contribution in [0.2, 0.25) is 0 Å². The highest BCUT2D eigenvalue weighted by Gasteiger charge is 2.20. The average molecular weight is 720 g/mol. The monoisotopic (exact) mass is 719 g/mol. The first kappa shape index (κ1) is 34.4. The Morgan fingerprint density at radius 2 is 1.81 bits per heavy atom. The summed E-state index contributed by atoms with van der Waals surface area (Å²) in [7, 11) is 1.72. The van der Waals surface area contributed by atoms with Gasteiger partial charge in [-0.3, -0.25) is 19.5 Å². The largest absolute Gasteiger partial charge is 0.496 e. The van der Waals surface area contributed by atoms with Crippen LogP contribution in [0.5, 0.6) is 11.5 Å². The Morgan fingerprint density at radius 1 is 0.944 bits per heavy atom. The number of rotatable bonds is 11. The SMILES string of the molecule is COc1cc2c(cc1C)CCN(CCc1ccc(-n3nnc(-c4cc(OCc5cccnc5)ccc4NC(=O)c4cc(=O)c5ccccc5o4)n3)cc1)C2. The van der Waals surface area contributed by atoms with Gasteiger partial charge in [0, 0.05) is 43.7 Å². The van der Waals surface area contributed by atoms with E-state index < -0.39 is 5.91 Å². The molecule has 270 valence electrons. The van der Waals surface area contributed by atoms with Crippen LogP contribution in [0.4, 0.5) is 5.69 Å². The van der Waals surface area contributed by atoms with Gasteiger partial charge in [0.1, 0.15) is 23.7 Å². The van der Waals surface area contributed by atoms with Crippen LogP contribution < -0.4 is 20.2 Å². The fraction of sp³-hybridized carbons (Fsp3) is 0.190. The first-order valence-electron chi connectivity index (χ1n) is 17.7. The Morgan fingerprint density at radius 3 is 2.65 bits per heavy atom. The third-order valence-electron chi connectivity index (χ3n) is 9.57. The maximum Gasteiger partial charge on any atom is 0.291 e. The third-order valence-corrected chi connectivity index (χ3v) is 9.57. The highest BCUT2D eigenvalue weighted by atomic mass is 16.5. The van der Waals surface area contributed by atoms with Gasteiger partial charge in [-0.05, 0) is 102 Å². The molecule has 1 aliphatic heterocycles. The first-order chi connectivity index (χ1) is 26.4. The Labute approximate surface area is 311 Å². The van der Waals surface area contributed by atoms with Gasteiger partial charge in [-0.15, -0.1) is 15.0 Å². The summed E-state index contributed by atoms with van der Waals surface area (Å²) in [5.41, 5.74) is 7.61. The van der Waals surface area contributed by atoms with Gasteiger partial charge in [-0.25, -0.2) is 0 Å². The molecule has 0 saturated carbocycles. The number of para-hydroxylation sites is 1. The van der Waals surface area contributed by atoms with Crippen LogP contribution >= 0.6 is 0 Å². The highest BCUT2D eigenvalue weighted by molar-refractivity contribution is 6.05. The molecule has 3 aromatic heterocycles. The minimum Gasteiger partial charge on any atom is -0.496 e. The molecule has 7 aromatic rings. The van der Waals surface area contributed by atoms with Crippen LogP contribution in [-0.4, -0.2) is 56.2 Å². The van der Waals surface area contributed by atoms with Crippen LogP contribution in [0.25, 0.3) is 28.0 Å². The lowest BCUT2D eigenvalue weighted by atomic mass is 9.96. The number of nitrogens with zero attached hydrogens (tertiary/aromatic N) is 6. The van der Waals surface area contributed by atoms with E-state index in [1.807, 2.05) is 24.3 Å². The second-order valence-electron chi connectivity index (χ2n) is 13.2. The number of pyridine rings is 1. The molecule has 8 rings (SSSR count). The minimum atomic E-state index is -0.602. The van der Waals surface area contributed by atoms with Gasteiger partial charge in [0.2, 0.25) is 5.82 Å². The van der Waals surface area contributed by atoms with E-state index in [2.05, 4.69) is 61.8 Å². The number of benzene rings is 4. The molecule has 0 fully saturated rings. The number of ether oxygens (including phenoxy) is 2.